The molecule has 2 aromatic heterocycles. The highest BCUT2D eigenvalue weighted by molar-refractivity contribution is 9.10. The molecular formula is C28H33BrN2O4S. The Morgan fingerprint density at radius 1 is 1.36 bits per heavy atom. The molecule has 0 saturated carbocycles. The van der Waals surface area contributed by atoms with Crippen molar-refractivity contribution < 1.29 is 18.7 Å². The van der Waals surface area contributed by atoms with E-state index in [-0.39, 0.29) is 11.3 Å². The van der Waals surface area contributed by atoms with Crippen LogP contribution >= 0.6 is 27.3 Å². The van der Waals surface area contributed by atoms with Gasteiger partial charge in [-0.05, 0) is 88.8 Å². The maximum absolute atomic E-state index is 13.4. The summed E-state index contributed by atoms with van der Waals surface area (Å²) in [6, 6.07) is 7.50. The van der Waals surface area contributed by atoms with Crippen molar-refractivity contribution in [3.8, 4) is 11.5 Å². The Morgan fingerprint density at radius 2 is 2.17 bits per heavy atom. The molecule has 8 heteroatoms. The van der Waals surface area contributed by atoms with Crippen molar-refractivity contribution >= 4 is 44.4 Å². The van der Waals surface area contributed by atoms with E-state index in [0.29, 0.717) is 36.1 Å². The SMILES string of the molecule is CCOc1c(Br)cc(C=Nc2sc3c(c2C(=O)NCc2ccco2)CC[C@@H](C(C)(C)C)C3)cc1OC. The number of nitrogens with zero attached hydrogens (tertiary/aromatic N) is 1. The number of nitrogens with one attached hydrogen (secondary N) is 1. The van der Waals surface area contributed by atoms with Crippen LogP contribution in [0.15, 0.2) is 44.4 Å². The summed E-state index contributed by atoms with van der Waals surface area (Å²) in [5.41, 5.74) is 2.89. The van der Waals surface area contributed by atoms with Crippen LogP contribution in [0, 0.1) is 11.3 Å². The van der Waals surface area contributed by atoms with Crippen molar-refractivity contribution in [2.45, 2.75) is 53.5 Å². The summed E-state index contributed by atoms with van der Waals surface area (Å²) in [6.45, 7) is 9.70. The molecule has 1 aromatic carbocycles. The van der Waals surface area contributed by atoms with Crippen molar-refractivity contribution in [3.63, 3.8) is 0 Å². The molecule has 0 aliphatic heterocycles. The molecule has 36 heavy (non-hydrogen) atoms. The number of hydrogen-bond acceptors (Lipinski definition) is 6. The third-order valence-corrected chi connectivity index (χ3v) is 8.32. The number of benzene rings is 1. The number of ether oxygens (including phenoxy) is 2. The van der Waals surface area contributed by atoms with Crippen LogP contribution in [0.25, 0.3) is 0 Å². The van der Waals surface area contributed by atoms with Crippen LogP contribution in [0.3, 0.4) is 0 Å². The van der Waals surface area contributed by atoms with Gasteiger partial charge in [-0.3, -0.25) is 4.79 Å². The summed E-state index contributed by atoms with van der Waals surface area (Å²) in [5.74, 6) is 2.47. The first-order valence-corrected chi connectivity index (χ1v) is 13.8. The molecule has 2 heterocycles. The standard InChI is InChI=1S/C28H33BrN2O4S/c1-6-34-25-21(29)12-17(13-22(25)33-5)15-31-27-24(26(32)30-16-19-8-7-11-35-19)20-10-9-18(28(2,3)4)14-23(20)36-27/h7-8,11-13,15,18H,6,9-10,14,16H2,1-5H3,(H,30,32)/t18-/m1/s1. The van der Waals surface area contributed by atoms with Crippen LogP contribution in [0.5, 0.6) is 11.5 Å². The van der Waals surface area contributed by atoms with Gasteiger partial charge in [0.05, 0.1) is 36.6 Å². The smallest absolute Gasteiger partial charge is 0.255 e. The Labute approximate surface area is 225 Å². The lowest BCUT2D eigenvalue weighted by atomic mass is 9.72. The molecule has 0 spiro atoms. The molecule has 3 aromatic rings. The number of halogens is 1. The zero-order chi connectivity index (χ0) is 25.9. The van der Waals surface area contributed by atoms with Crippen LogP contribution in [0.4, 0.5) is 5.00 Å². The van der Waals surface area contributed by atoms with Crippen molar-refractivity contribution in [1.29, 1.82) is 0 Å². The fourth-order valence-corrected chi connectivity index (χ4v) is 6.38. The van der Waals surface area contributed by atoms with Crippen molar-refractivity contribution in [1.82, 2.24) is 5.32 Å². The van der Waals surface area contributed by atoms with Crippen molar-refractivity contribution in [2.75, 3.05) is 13.7 Å². The summed E-state index contributed by atoms with van der Waals surface area (Å²) in [5, 5.41) is 3.75. The molecule has 4 rings (SSSR count). The van der Waals surface area contributed by atoms with Crippen LogP contribution in [-0.4, -0.2) is 25.8 Å². The van der Waals surface area contributed by atoms with Gasteiger partial charge in [0.25, 0.3) is 5.91 Å². The number of furan rings is 1. The Bertz CT molecular complexity index is 1240. The predicted molar refractivity (Wildman–Crippen MR) is 148 cm³/mol. The number of carbonyl (C=O) groups excluding carboxylic acids is 1. The Balaban J connectivity index is 1.67. The van der Waals surface area contributed by atoms with Crippen LogP contribution in [0.2, 0.25) is 0 Å². The summed E-state index contributed by atoms with van der Waals surface area (Å²) >= 11 is 5.21. The second-order valence-corrected chi connectivity index (χ2v) is 11.9. The van der Waals surface area contributed by atoms with Gasteiger partial charge in [0.1, 0.15) is 10.8 Å². The number of rotatable bonds is 8. The average Bonchev–Trinajstić information content (AvgIpc) is 3.49. The lowest BCUT2D eigenvalue weighted by molar-refractivity contribution is 0.0947. The normalized spacial score (nSPS) is 15.7. The van der Waals surface area contributed by atoms with Gasteiger partial charge in [-0.15, -0.1) is 11.3 Å². The zero-order valence-corrected chi connectivity index (χ0v) is 23.8. The van der Waals surface area contributed by atoms with Gasteiger partial charge in [-0.1, -0.05) is 20.8 Å². The average molecular weight is 574 g/mol. The summed E-state index contributed by atoms with van der Waals surface area (Å²) in [7, 11) is 1.62. The molecule has 6 nitrogen and oxygen atoms in total. The van der Waals surface area contributed by atoms with E-state index in [4.69, 9.17) is 18.9 Å². The zero-order valence-electron chi connectivity index (χ0n) is 21.4. The van der Waals surface area contributed by atoms with Gasteiger partial charge < -0.3 is 19.2 Å². The van der Waals surface area contributed by atoms with E-state index in [1.165, 1.54) is 4.88 Å². The number of fused-ring (bicyclic) bond motifs is 1. The summed E-state index contributed by atoms with van der Waals surface area (Å²) in [6.07, 6.45) is 6.32. The highest BCUT2D eigenvalue weighted by atomic mass is 79.9. The maximum Gasteiger partial charge on any atom is 0.255 e. The van der Waals surface area contributed by atoms with Crippen molar-refractivity contribution in [2.24, 2.45) is 16.3 Å². The van der Waals surface area contributed by atoms with Gasteiger partial charge in [0.15, 0.2) is 11.5 Å². The third-order valence-electron chi connectivity index (χ3n) is 6.57. The largest absolute Gasteiger partial charge is 0.493 e. The number of amides is 1. The van der Waals surface area contributed by atoms with E-state index >= 15 is 0 Å². The van der Waals surface area contributed by atoms with E-state index in [1.807, 2.05) is 31.2 Å². The monoisotopic (exact) mass is 572 g/mol. The van der Waals surface area contributed by atoms with Gasteiger partial charge in [0, 0.05) is 11.1 Å². The molecular weight excluding hydrogens is 540 g/mol. The first-order chi connectivity index (χ1) is 17.2. The molecule has 0 radical (unpaired) electrons. The molecule has 0 fully saturated rings. The van der Waals surface area contributed by atoms with Crippen LogP contribution < -0.4 is 14.8 Å². The summed E-state index contributed by atoms with van der Waals surface area (Å²) in [4.78, 5) is 19.5. The lowest BCUT2D eigenvalue weighted by Gasteiger charge is -2.33. The van der Waals surface area contributed by atoms with Gasteiger partial charge in [-0.2, -0.15) is 0 Å². The lowest BCUT2D eigenvalue weighted by Crippen LogP contribution is -2.28. The number of hydrogen-bond donors (Lipinski definition) is 1. The molecule has 1 N–H and O–H groups in total. The minimum Gasteiger partial charge on any atom is -0.493 e. The predicted octanol–water partition coefficient (Wildman–Crippen LogP) is 7.34. The first-order valence-electron chi connectivity index (χ1n) is 12.2. The molecule has 1 aliphatic rings. The Morgan fingerprint density at radius 3 is 2.83 bits per heavy atom. The fourth-order valence-electron chi connectivity index (χ4n) is 4.54. The van der Waals surface area contributed by atoms with Crippen LogP contribution in [-0.2, 0) is 19.4 Å². The Kier molecular flexibility index (Phi) is 8.25. The van der Waals surface area contributed by atoms with E-state index in [0.717, 1.165) is 45.6 Å². The van der Waals surface area contributed by atoms with Gasteiger partial charge >= 0.3 is 0 Å². The highest BCUT2D eigenvalue weighted by Crippen LogP contribution is 2.45. The van der Waals surface area contributed by atoms with E-state index < -0.39 is 0 Å². The minimum absolute atomic E-state index is 0.115. The first kappa shape index (κ1) is 26.5. The summed E-state index contributed by atoms with van der Waals surface area (Å²) < 4.78 is 17.4. The van der Waals surface area contributed by atoms with Crippen LogP contribution in [0.1, 0.15) is 66.2 Å². The number of methoxy groups -OCH3 is 1. The molecule has 192 valence electrons. The number of carbonyl (C=O) groups is 1. The fraction of sp³-hybridized carbons (Fsp3) is 0.429. The second-order valence-electron chi connectivity index (χ2n) is 9.98. The topological polar surface area (TPSA) is 73.1 Å². The molecule has 0 unspecified atom stereocenters. The highest BCUT2D eigenvalue weighted by Gasteiger charge is 2.33. The Hall–Kier alpha value is -2.58. The van der Waals surface area contributed by atoms with Crippen molar-refractivity contribution in [3.05, 3.63) is 62.3 Å². The van der Waals surface area contributed by atoms with E-state index in [1.54, 1.807) is 30.9 Å². The van der Waals surface area contributed by atoms with Gasteiger partial charge in [-0.25, -0.2) is 4.99 Å². The molecule has 1 aliphatic carbocycles. The molecule has 0 bridgehead atoms. The molecule has 0 saturated heterocycles. The van der Waals surface area contributed by atoms with Gasteiger partial charge in [0.2, 0.25) is 0 Å². The van der Waals surface area contributed by atoms with E-state index in [2.05, 4.69) is 42.0 Å². The maximum atomic E-state index is 13.4. The molecule has 1 amide bonds. The number of aliphatic imine (C=N–C) groups is 1. The molecule has 1 atom stereocenters. The minimum atomic E-state index is -0.115. The third kappa shape index (κ3) is 5.86. The quantitative estimate of drug-likeness (QED) is 0.286. The second kappa shape index (κ2) is 11.2. The number of thiophene rings is 1. The van der Waals surface area contributed by atoms with E-state index in [9.17, 15) is 4.79 Å².